The van der Waals surface area contributed by atoms with Crippen LogP contribution in [0.5, 0.6) is 0 Å². The highest BCUT2D eigenvalue weighted by atomic mass is 15.2. The molecule has 0 unspecified atom stereocenters. The predicted molar refractivity (Wildman–Crippen MR) is 334 cm³/mol. The fourth-order valence-corrected chi connectivity index (χ4v) is 12.2. The Balaban J connectivity index is 0.990. The first-order valence-electron chi connectivity index (χ1n) is 27.3. The molecule has 0 aliphatic heterocycles. The Bertz CT molecular complexity index is 4640. The van der Waals surface area contributed by atoms with Crippen molar-refractivity contribution in [2.75, 3.05) is 9.80 Å². The second-order valence-electron chi connectivity index (χ2n) is 23.1. The van der Waals surface area contributed by atoms with Crippen LogP contribution in [0.25, 0.3) is 87.3 Å². The predicted octanol–water partition coefficient (Wildman–Crippen LogP) is 20.9. The lowest BCUT2D eigenvalue weighted by molar-refractivity contribution is 0.591. The molecule has 0 amide bonds. The zero-order valence-corrected chi connectivity index (χ0v) is 45.0. The lowest BCUT2D eigenvalue weighted by Crippen LogP contribution is -2.13. The van der Waals surface area contributed by atoms with Crippen molar-refractivity contribution in [2.24, 2.45) is 0 Å². The van der Waals surface area contributed by atoms with Crippen molar-refractivity contribution in [1.82, 2.24) is 9.13 Å². The Labute approximate surface area is 456 Å². The summed E-state index contributed by atoms with van der Waals surface area (Å²) in [6, 6.07) is 94.5. The molecule has 0 aliphatic rings. The third-order valence-electron chi connectivity index (χ3n) is 16.1. The third-order valence-corrected chi connectivity index (χ3v) is 16.1. The van der Waals surface area contributed by atoms with E-state index in [1.54, 1.807) is 0 Å². The fraction of sp³-hybridized carbons (Fsp3) is 0.108. The number of hydrogen-bond donors (Lipinski definition) is 0. The van der Waals surface area contributed by atoms with Crippen molar-refractivity contribution >= 4 is 110 Å². The zero-order valence-electron chi connectivity index (χ0n) is 45.0. The van der Waals surface area contributed by atoms with Crippen LogP contribution in [0, 0.1) is 0 Å². The SMILES string of the molecule is CC(C)(C)c1ccc2c(c1)c1cc(N(c3ccccc3)c3cccc(N(c4ccc5c(c4)c4cc(C(C)(C)C)ccc4n5-c4cccc5ccccc45)c4cccc5ccccc45)c3)ccc1n2-c1cccc2ccccc12. The molecule has 0 fully saturated rings. The summed E-state index contributed by atoms with van der Waals surface area (Å²) in [5.74, 6) is 0. The number of aromatic nitrogens is 2. The van der Waals surface area contributed by atoms with E-state index >= 15 is 0 Å². The van der Waals surface area contributed by atoms with Crippen molar-refractivity contribution < 1.29 is 0 Å². The van der Waals surface area contributed by atoms with Crippen molar-refractivity contribution in [3.63, 3.8) is 0 Å². The van der Waals surface area contributed by atoms with E-state index in [0.717, 1.165) is 34.1 Å². The van der Waals surface area contributed by atoms with Crippen molar-refractivity contribution in [2.45, 2.75) is 52.4 Å². The highest BCUT2D eigenvalue weighted by molar-refractivity contribution is 6.14. The van der Waals surface area contributed by atoms with Crippen LogP contribution in [0.2, 0.25) is 0 Å². The van der Waals surface area contributed by atoms with Crippen LogP contribution < -0.4 is 9.80 Å². The van der Waals surface area contributed by atoms with Gasteiger partial charge in [-0.25, -0.2) is 0 Å². The van der Waals surface area contributed by atoms with Gasteiger partial charge in [0.15, 0.2) is 0 Å². The van der Waals surface area contributed by atoms with E-state index < -0.39 is 0 Å². The minimum Gasteiger partial charge on any atom is -0.310 e. The summed E-state index contributed by atoms with van der Waals surface area (Å²) >= 11 is 0. The molecule has 0 radical (unpaired) electrons. The van der Waals surface area contributed by atoms with E-state index in [9.17, 15) is 0 Å². The van der Waals surface area contributed by atoms with Gasteiger partial charge >= 0.3 is 0 Å². The summed E-state index contributed by atoms with van der Waals surface area (Å²) in [6.07, 6.45) is 0. The summed E-state index contributed by atoms with van der Waals surface area (Å²) in [5.41, 5.74) is 16.1. The molecule has 14 rings (SSSR count). The van der Waals surface area contributed by atoms with Crippen LogP contribution in [0.3, 0.4) is 0 Å². The molecular formula is C74H60N4. The molecule has 0 atom stereocenters. The molecule has 4 nitrogen and oxygen atoms in total. The lowest BCUT2D eigenvalue weighted by Gasteiger charge is -2.30. The van der Waals surface area contributed by atoms with Crippen LogP contribution >= 0.6 is 0 Å². The van der Waals surface area contributed by atoms with Crippen molar-refractivity contribution in [1.29, 1.82) is 0 Å². The maximum Gasteiger partial charge on any atom is 0.0542 e. The van der Waals surface area contributed by atoms with Gasteiger partial charge in [-0.2, -0.15) is 0 Å². The van der Waals surface area contributed by atoms with Gasteiger partial charge in [-0.3, -0.25) is 0 Å². The van der Waals surface area contributed by atoms with E-state index in [4.69, 9.17) is 0 Å². The summed E-state index contributed by atoms with van der Waals surface area (Å²) in [5, 5.41) is 12.2. The Kier molecular flexibility index (Phi) is 11.0. The van der Waals surface area contributed by atoms with Crippen LogP contribution in [0.4, 0.5) is 34.1 Å². The number of nitrogens with zero attached hydrogens (tertiary/aromatic N) is 4. The fourth-order valence-electron chi connectivity index (χ4n) is 12.2. The summed E-state index contributed by atoms with van der Waals surface area (Å²) < 4.78 is 4.95. The first-order chi connectivity index (χ1) is 38.0. The molecular weight excluding hydrogens is 945 g/mol. The molecule has 2 aromatic heterocycles. The van der Waals surface area contributed by atoms with E-state index in [2.05, 4.69) is 315 Å². The maximum atomic E-state index is 2.48. The average Bonchev–Trinajstić information content (AvgIpc) is 4.21. The van der Waals surface area contributed by atoms with Gasteiger partial charge in [0.05, 0.1) is 39.1 Å². The highest BCUT2D eigenvalue weighted by Crippen LogP contribution is 2.47. The topological polar surface area (TPSA) is 16.3 Å². The second-order valence-corrected chi connectivity index (χ2v) is 23.1. The Hall–Kier alpha value is -9.38. The summed E-state index contributed by atoms with van der Waals surface area (Å²) in [6.45, 7) is 13.8. The first kappa shape index (κ1) is 47.1. The van der Waals surface area contributed by atoms with Gasteiger partial charge in [0, 0.05) is 66.1 Å². The first-order valence-corrected chi connectivity index (χ1v) is 27.3. The minimum absolute atomic E-state index is 0.0279. The highest BCUT2D eigenvalue weighted by Gasteiger charge is 2.25. The van der Waals surface area contributed by atoms with E-state index in [0.29, 0.717) is 0 Å². The monoisotopic (exact) mass is 1000 g/mol. The molecule has 0 saturated carbocycles. The quantitative estimate of drug-likeness (QED) is 0.151. The van der Waals surface area contributed by atoms with Gasteiger partial charge in [0.2, 0.25) is 0 Å². The number of benzene rings is 12. The Morgan fingerprint density at radius 3 is 1.13 bits per heavy atom. The number of para-hydroxylation sites is 1. The average molecular weight is 1010 g/mol. The minimum atomic E-state index is -0.0343. The van der Waals surface area contributed by atoms with E-state index in [-0.39, 0.29) is 10.8 Å². The second kappa shape index (κ2) is 18.1. The third kappa shape index (κ3) is 7.81. The van der Waals surface area contributed by atoms with E-state index in [1.807, 2.05) is 0 Å². The number of rotatable bonds is 8. The lowest BCUT2D eigenvalue weighted by atomic mass is 9.86. The van der Waals surface area contributed by atoms with Gasteiger partial charge in [-0.15, -0.1) is 0 Å². The van der Waals surface area contributed by atoms with Crippen LogP contribution in [-0.4, -0.2) is 9.13 Å². The normalized spacial score (nSPS) is 12.2. The molecule has 376 valence electrons. The largest absolute Gasteiger partial charge is 0.310 e. The van der Waals surface area contributed by atoms with Crippen molar-refractivity contribution in [3.8, 4) is 11.4 Å². The van der Waals surface area contributed by atoms with Crippen LogP contribution in [0.15, 0.2) is 255 Å². The van der Waals surface area contributed by atoms with E-state index in [1.165, 1.54) is 98.4 Å². The molecule has 0 bridgehead atoms. The van der Waals surface area contributed by atoms with Gasteiger partial charge in [0.25, 0.3) is 0 Å². The Morgan fingerprint density at radius 1 is 0.256 bits per heavy atom. The standard InChI is InChI=1S/C74H60N4/c1-73(2,3)52-36-40-69-62(44-52)64-47-57(38-42-71(64)77(69)67-34-17-24-50-21-11-14-31-60(50)67)75(54-26-8-7-9-27-54)55-28-19-29-56(46-55)76(66-33-16-23-49-20-10-13-30-59(49)66)58-39-43-72-65(48-58)63-45-53(74(4,5)6)37-41-70(63)78(72)68-35-18-25-51-22-12-15-32-61(51)68/h7-48H,1-6H3. The molecule has 2 heterocycles. The zero-order chi connectivity index (χ0) is 52.9. The molecule has 12 aromatic carbocycles. The number of hydrogen-bond acceptors (Lipinski definition) is 2. The molecule has 78 heavy (non-hydrogen) atoms. The molecule has 4 heteroatoms. The number of fused-ring (bicyclic) bond motifs is 9. The van der Waals surface area contributed by atoms with Crippen LogP contribution in [0.1, 0.15) is 52.7 Å². The summed E-state index contributed by atoms with van der Waals surface area (Å²) in [4.78, 5) is 4.89. The summed E-state index contributed by atoms with van der Waals surface area (Å²) in [7, 11) is 0. The smallest absolute Gasteiger partial charge is 0.0542 e. The van der Waals surface area contributed by atoms with Crippen LogP contribution in [-0.2, 0) is 10.8 Å². The molecule has 0 N–H and O–H groups in total. The number of anilines is 6. The van der Waals surface area contributed by atoms with Crippen molar-refractivity contribution in [3.05, 3.63) is 266 Å². The molecule has 0 aliphatic carbocycles. The van der Waals surface area contributed by atoms with Gasteiger partial charge in [0.1, 0.15) is 0 Å². The molecule has 14 aromatic rings. The molecule has 0 spiro atoms. The van der Waals surface area contributed by atoms with Gasteiger partial charge in [-0.05, 0) is 147 Å². The Morgan fingerprint density at radius 2 is 0.615 bits per heavy atom. The van der Waals surface area contributed by atoms with Gasteiger partial charge in [-0.1, -0.05) is 187 Å². The maximum absolute atomic E-state index is 2.48. The molecule has 0 saturated heterocycles. The van der Waals surface area contributed by atoms with Gasteiger partial charge < -0.3 is 18.9 Å².